The number of hydrogen-bond acceptors (Lipinski definition) is 6. The number of benzene rings is 3. The van der Waals surface area contributed by atoms with E-state index in [1.54, 1.807) is 18.2 Å². The second-order valence-electron chi connectivity index (χ2n) is 5.78. The first-order valence-corrected chi connectivity index (χ1v) is 8.08. The van der Waals surface area contributed by atoms with Gasteiger partial charge in [-0.3, -0.25) is 0 Å². The Kier molecular flexibility index (Phi) is 4.25. The smallest absolute Gasteiger partial charge is 0.342 e. The van der Waals surface area contributed by atoms with Crippen molar-refractivity contribution in [3.63, 3.8) is 0 Å². The summed E-state index contributed by atoms with van der Waals surface area (Å²) in [5.74, 6) is -0.875. The van der Waals surface area contributed by atoms with Crippen molar-refractivity contribution in [3.05, 3.63) is 77.9 Å². The van der Waals surface area contributed by atoms with E-state index in [1.807, 2.05) is 12.1 Å². The SMILES string of the molecule is O=C(OCc1nc(-c2ccc(F)cc2)no1)c1ccc2ccccc2c1O. The zero-order valence-electron chi connectivity index (χ0n) is 13.9. The van der Waals surface area contributed by atoms with Crippen LogP contribution >= 0.6 is 0 Å². The summed E-state index contributed by atoms with van der Waals surface area (Å²) in [7, 11) is 0. The van der Waals surface area contributed by atoms with Crippen molar-refractivity contribution >= 4 is 16.7 Å². The number of nitrogens with zero attached hydrogens (tertiary/aromatic N) is 2. The maximum absolute atomic E-state index is 13.0. The first kappa shape index (κ1) is 16.7. The molecule has 27 heavy (non-hydrogen) atoms. The Morgan fingerprint density at radius 3 is 2.67 bits per heavy atom. The van der Waals surface area contributed by atoms with Crippen LogP contribution in [0, 0.1) is 5.82 Å². The van der Waals surface area contributed by atoms with E-state index >= 15 is 0 Å². The Morgan fingerprint density at radius 1 is 1.07 bits per heavy atom. The average Bonchev–Trinajstić information content (AvgIpc) is 3.16. The zero-order valence-corrected chi connectivity index (χ0v) is 13.9. The third-order valence-corrected chi connectivity index (χ3v) is 4.02. The fourth-order valence-corrected chi connectivity index (χ4v) is 2.65. The van der Waals surface area contributed by atoms with Gasteiger partial charge in [-0.05, 0) is 35.7 Å². The van der Waals surface area contributed by atoms with Crippen molar-refractivity contribution in [3.8, 4) is 17.1 Å². The fourth-order valence-electron chi connectivity index (χ4n) is 2.65. The molecule has 0 spiro atoms. The van der Waals surface area contributed by atoms with Gasteiger partial charge in [0.1, 0.15) is 17.1 Å². The van der Waals surface area contributed by atoms with Crippen LogP contribution in [0.3, 0.4) is 0 Å². The number of halogens is 1. The molecule has 0 saturated heterocycles. The zero-order chi connectivity index (χ0) is 18.8. The number of rotatable bonds is 4. The van der Waals surface area contributed by atoms with E-state index in [2.05, 4.69) is 10.1 Å². The Bertz CT molecular complexity index is 1120. The summed E-state index contributed by atoms with van der Waals surface area (Å²) in [5.41, 5.74) is 0.622. The van der Waals surface area contributed by atoms with E-state index in [1.165, 1.54) is 30.3 Å². The first-order chi connectivity index (χ1) is 13.1. The lowest BCUT2D eigenvalue weighted by atomic mass is 10.1. The lowest BCUT2D eigenvalue weighted by Gasteiger charge is -2.07. The van der Waals surface area contributed by atoms with E-state index in [9.17, 15) is 14.3 Å². The number of carbonyl (C=O) groups excluding carboxylic acids is 1. The molecular formula is C20H13FN2O4. The van der Waals surface area contributed by atoms with Gasteiger partial charge in [-0.15, -0.1) is 0 Å². The van der Waals surface area contributed by atoms with Crippen LogP contribution in [-0.2, 0) is 11.3 Å². The number of aromatic nitrogens is 2. The number of fused-ring (bicyclic) bond motifs is 1. The number of aromatic hydroxyl groups is 1. The Morgan fingerprint density at radius 2 is 1.85 bits per heavy atom. The number of carbonyl (C=O) groups is 1. The molecule has 4 rings (SSSR count). The Hall–Kier alpha value is -3.74. The van der Waals surface area contributed by atoms with Crippen LogP contribution in [0.2, 0.25) is 0 Å². The highest BCUT2D eigenvalue weighted by molar-refractivity contribution is 6.01. The van der Waals surface area contributed by atoms with E-state index in [4.69, 9.17) is 9.26 Å². The maximum Gasteiger partial charge on any atom is 0.342 e. The number of hydrogen-bond donors (Lipinski definition) is 1. The van der Waals surface area contributed by atoms with Crippen molar-refractivity contribution in [2.24, 2.45) is 0 Å². The van der Waals surface area contributed by atoms with Crippen LogP contribution < -0.4 is 0 Å². The predicted molar refractivity (Wildman–Crippen MR) is 94.4 cm³/mol. The summed E-state index contributed by atoms with van der Waals surface area (Å²) in [5, 5.41) is 15.5. The van der Waals surface area contributed by atoms with E-state index in [-0.39, 0.29) is 35.5 Å². The molecule has 134 valence electrons. The number of phenols is 1. The minimum absolute atomic E-state index is 0.0481. The van der Waals surface area contributed by atoms with Crippen LogP contribution in [0.5, 0.6) is 5.75 Å². The standard InChI is InChI=1S/C20H13FN2O4/c21-14-8-5-13(6-9-14)19-22-17(27-23-19)11-26-20(25)16-10-7-12-3-1-2-4-15(12)18(16)24/h1-10,24H,11H2. The van der Waals surface area contributed by atoms with Crippen LogP contribution in [-0.4, -0.2) is 21.2 Å². The van der Waals surface area contributed by atoms with Crippen molar-refractivity contribution in [1.82, 2.24) is 10.1 Å². The van der Waals surface area contributed by atoms with Gasteiger partial charge >= 0.3 is 5.97 Å². The van der Waals surface area contributed by atoms with Crippen molar-refractivity contribution in [2.75, 3.05) is 0 Å². The van der Waals surface area contributed by atoms with E-state index < -0.39 is 5.97 Å². The molecule has 0 radical (unpaired) electrons. The molecule has 3 aromatic carbocycles. The summed E-state index contributed by atoms with van der Waals surface area (Å²) in [6.45, 7) is -0.251. The third kappa shape index (κ3) is 3.35. The summed E-state index contributed by atoms with van der Waals surface area (Å²) in [4.78, 5) is 16.4. The van der Waals surface area contributed by atoms with Gasteiger partial charge < -0.3 is 14.4 Å². The molecule has 1 aromatic heterocycles. The van der Waals surface area contributed by atoms with Gasteiger partial charge in [0, 0.05) is 10.9 Å². The molecule has 0 saturated carbocycles. The Balaban J connectivity index is 1.48. The van der Waals surface area contributed by atoms with Gasteiger partial charge in [-0.1, -0.05) is 35.5 Å². The molecule has 0 fully saturated rings. The maximum atomic E-state index is 13.0. The molecule has 6 nitrogen and oxygen atoms in total. The fraction of sp³-hybridized carbons (Fsp3) is 0.0500. The molecule has 0 aliphatic carbocycles. The molecule has 7 heteroatoms. The predicted octanol–water partition coefficient (Wildman–Crippen LogP) is 4.09. The van der Waals surface area contributed by atoms with E-state index in [0.717, 1.165) is 5.39 Å². The van der Waals surface area contributed by atoms with Gasteiger partial charge in [0.05, 0.1) is 0 Å². The summed E-state index contributed by atoms with van der Waals surface area (Å²) in [6.07, 6.45) is 0. The quantitative estimate of drug-likeness (QED) is 0.549. The summed E-state index contributed by atoms with van der Waals surface area (Å²) < 4.78 is 23.2. The van der Waals surface area contributed by atoms with Crippen LogP contribution in [0.4, 0.5) is 4.39 Å². The van der Waals surface area contributed by atoms with Crippen molar-refractivity contribution in [2.45, 2.75) is 6.61 Å². The second-order valence-corrected chi connectivity index (χ2v) is 5.78. The van der Waals surface area contributed by atoms with Crippen LogP contribution in [0.15, 0.2) is 65.2 Å². The minimum atomic E-state index is -0.709. The molecule has 0 aliphatic heterocycles. The van der Waals surface area contributed by atoms with Gasteiger partial charge in [0.15, 0.2) is 6.61 Å². The molecule has 1 N–H and O–H groups in total. The van der Waals surface area contributed by atoms with Gasteiger partial charge in [-0.2, -0.15) is 4.98 Å². The molecule has 4 aromatic rings. The molecular weight excluding hydrogens is 351 g/mol. The summed E-state index contributed by atoms with van der Waals surface area (Å²) >= 11 is 0. The molecule has 0 aliphatic rings. The monoisotopic (exact) mass is 364 g/mol. The van der Waals surface area contributed by atoms with Gasteiger partial charge in [0.2, 0.25) is 5.82 Å². The minimum Gasteiger partial charge on any atom is -0.506 e. The highest BCUT2D eigenvalue weighted by Crippen LogP contribution is 2.29. The molecule has 0 unspecified atom stereocenters. The normalized spacial score (nSPS) is 10.9. The van der Waals surface area contributed by atoms with E-state index in [0.29, 0.717) is 10.9 Å². The lowest BCUT2D eigenvalue weighted by molar-refractivity contribution is 0.0427. The number of ether oxygens (including phenoxy) is 1. The largest absolute Gasteiger partial charge is 0.506 e. The first-order valence-electron chi connectivity index (χ1n) is 8.08. The molecule has 0 bridgehead atoms. The molecule has 0 amide bonds. The highest BCUT2D eigenvalue weighted by atomic mass is 19.1. The van der Waals surface area contributed by atoms with Crippen molar-refractivity contribution < 1.29 is 23.6 Å². The highest BCUT2D eigenvalue weighted by Gasteiger charge is 2.17. The van der Waals surface area contributed by atoms with Crippen LogP contribution in [0.25, 0.3) is 22.2 Å². The second kappa shape index (κ2) is 6.87. The van der Waals surface area contributed by atoms with Crippen molar-refractivity contribution in [1.29, 1.82) is 0 Å². The number of esters is 1. The topological polar surface area (TPSA) is 85.5 Å². The third-order valence-electron chi connectivity index (χ3n) is 4.02. The van der Waals surface area contributed by atoms with Crippen LogP contribution in [0.1, 0.15) is 16.2 Å². The summed E-state index contributed by atoms with van der Waals surface area (Å²) in [6, 6.07) is 16.0. The van der Waals surface area contributed by atoms with Gasteiger partial charge in [0.25, 0.3) is 5.89 Å². The lowest BCUT2D eigenvalue weighted by Crippen LogP contribution is -2.06. The van der Waals surface area contributed by atoms with Gasteiger partial charge in [-0.25, -0.2) is 9.18 Å². The molecule has 1 heterocycles. The Labute approximate surface area is 152 Å². The number of phenolic OH excluding ortho intramolecular Hbond substituents is 1. The average molecular weight is 364 g/mol. The molecule has 0 atom stereocenters.